The summed E-state index contributed by atoms with van der Waals surface area (Å²) in [5.74, 6) is -0.297. The number of para-hydroxylation sites is 1. The van der Waals surface area contributed by atoms with E-state index in [1.54, 1.807) is 6.07 Å². The molecule has 6 nitrogen and oxygen atoms in total. The predicted molar refractivity (Wildman–Crippen MR) is 91.0 cm³/mol. The molecule has 1 aliphatic rings. The van der Waals surface area contributed by atoms with Crippen molar-refractivity contribution >= 4 is 21.6 Å². The molecule has 1 aromatic heterocycles. The van der Waals surface area contributed by atoms with Crippen molar-refractivity contribution in [3.63, 3.8) is 0 Å². The maximum atomic E-state index is 12.8. The maximum absolute atomic E-state index is 12.8. The second-order valence-electron chi connectivity index (χ2n) is 5.77. The molecule has 7 heteroatoms. The Bertz CT molecular complexity index is 837. The number of hydrogen-bond acceptors (Lipinski definition) is 4. The van der Waals surface area contributed by atoms with Crippen LogP contribution in [0.4, 0.5) is 5.69 Å². The largest absolute Gasteiger partial charge is 0.324 e. The normalized spacial score (nSPS) is 18.5. The molecule has 0 spiro atoms. The summed E-state index contributed by atoms with van der Waals surface area (Å²) in [6.45, 7) is 2.23. The topological polar surface area (TPSA) is 79.4 Å². The molecule has 0 aliphatic carbocycles. The lowest BCUT2D eigenvalue weighted by atomic mass is 10.1. The van der Waals surface area contributed by atoms with E-state index < -0.39 is 16.1 Å². The van der Waals surface area contributed by atoms with Crippen LogP contribution < -0.4 is 5.32 Å². The van der Waals surface area contributed by atoms with E-state index in [1.165, 1.54) is 22.8 Å². The summed E-state index contributed by atoms with van der Waals surface area (Å²) in [7, 11) is -3.73. The molecule has 1 saturated heterocycles. The summed E-state index contributed by atoms with van der Waals surface area (Å²) in [6.07, 6.45) is 4.00. The fourth-order valence-electron chi connectivity index (χ4n) is 2.85. The fraction of sp³-hybridized carbons (Fsp3) is 0.294. The molecule has 126 valence electrons. The number of aryl methyl sites for hydroxylation is 1. The zero-order chi connectivity index (χ0) is 17.2. The Hall–Kier alpha value is -2.25. The zero-order valence-electron chi connectivity index (χ0n) is 13.3. The van der Waals surface area contributed by atoms with Crippen molar-refractivity contribution in [2.24, 2.45) is 0 Å². The molecule has 0 saturated carbocycles. The second-order valence-corrected chi connectivity index (χ2v) is 7.66. The number of anilines is 1. The molecule has 1 fully saturated rings. The molecule has 1 amide bonds. The molecule has 2 aromatic rings. The maximum Gasteiger partial charge on any atom is 0.245 e. The van der Waals surface area contributed by atoms with Crippen molar-refractivity contribution in [2.75, 3.05) is 11.9 Å². The zero-order valence-corrected chi connectivity index (χ0v) is 14.2. The number of benzene rings is 1. The minimum absolute atomic E-state index is 0.112. The molecule has 0 radical (unpaired) electrons. The van der Waals surface area contributed by atoms with E-state index in [9.17, 15) is 13.2 Å². The Kier molecular flexibility index (Phi) is 4.64. The van der Waals surface area contributed by atoms with Crippen LogP contribution in [0.3, 0.4) is 0 Å². The summed E-state index contributed by atoms with van der Waals surface area (Å²) >= 11 is 0. The van der Waals surface area contributed by atoms with Gasteiger partial charge >= 0.3 is 0 Å². The fourth-order valence-corrected chi connectivity index (χ4v) is 4.48. The third-order valence-electron chi connectivity index (χ3n) is 4.15. The molecule has 24 heavy (non-hydrogen) atoms. The number of hydrogen-bond donors (Lipinski definition) is 1. The van der Waals surface area contributed by atoms with Gasteiger partial charge in [0.1, 0.15) is 10.9 Å². The van der Waals surface area contributed by atoms with Crippen LogP contribution in [-0.4, -0.2) is 36.2 Å². The van der Waals surface area contributed by atoms with Crippen LogP contribution in [0.25, 0.3) is 0 Å². The van der Waals surface area contributed by atoms with Crippen LogP contribution in [0.2, 0.25) is 0 Å². The van der Waals surface area contributed by atoms with E-state index in [2.05, 4.69) is 10.3 Å². The molecular formula is C17H19N3O3S. The van der Waals surface area contributed by atoms with Crippen LogP contribution in [0, 0.1) is 6.92 Å². The van der Waals surface area contributed by atoms with Gasteiger partial charge in [-0.05, 0) is 43.5 Å². The average Bonchev–Trinajstić information content (AvgIpc) is 3.08. The number of aromatic nitrogens is 1. The summed E-state index contributed by atoms with van der Waals surface area (Å²) in [5.41, 5.74) is 1.64. The van der Waals surface area contributed by atoms with Crippen molar-refractivity contribution in [3.8, 4) is 0 Å². The quantitative estimate of drug-likeness (QED) is 0.921. The number of amides is 1. The molecule has 1 aliphatic heterocycles. The first-order chi connectivity index (χ1) is 11.5. The smallest absolute Gasteiger partial charge is 0.245 e. The van der Waals surface area contributed by atoms with Gasteiger partial charge in [-0.2, -0.15) is 4.31 Å². The van der Waals surface area contributed by atoms with Gasteiger partial charge in [0.05, 0.1) is 0 Å². The van der Waals surface area contributed by atoms with Crippen molar-refractivity contribution in [3.05, 3.63) is 54.4 Å². The van der Waals surface area contributed by atoms with Gasteiger partial charge in [-0.25, -0.2) is 8.42 Å². The van der Waals surface area contributed by atoms with Gasteiger partial charge in [-0.1, -0.05) is 18.2 Å². The molecule has 1 N–H and O–H groups in total. The van der Waals surface area contributed by atoms with Crippen LogP contribution >= 0.6 is 0 Å². The SMILES string of the molecule is Cc1ccccc1NC(=O)C1CCCN1S(=O)(=O)c1cccnc1. The Morgan fingerprint density at radius 1 is 1.25 bits per heavy atom. The number of carbonyl (C=O) groups excluding carboxylic acids is 1. The first kappa shape index (κ1) is 16.6. The molecule has 2 heterocycles. The van der Waals surface area contributed by atoms with Gasteiger partial charge in [0, 0.05) is 24.6 Å². The lowest BCUT2D eigenvalue weighted by Crippen LogP contribution is -2.43. The van der Waals surface area contributed by atoms with Gasteiger partial charge in [0.2, 0.25) is 15.9 Å². The van der Waals surface area contributed by atoms with Gasteiger partial charge in [0.25, 0.3) is 0 Å². The summed E-state index contributed by atoms with van der Waals surface area (Å²) in [5, 5.41) is 2.85. The number of sulfonamides is 1. The number of rotatable bonds is 4. The van der Waals surface area contributed by atoms with Gasteiger partial charge in [-0.15, -0.1) is 0 Å². The van der Waals surface area contributed by atoms with Crippen LogP contribution in [0.15, 0.2) is 53.7 Å². The third kappa shape index (κ3) is 3.18. The number of nitrogens with zero attached hydrogens (tertiary/aromatic N) is 2. The number of pyridine rings is 1. The summed E-state index contributed by atoms with van der Waals surface area (Å²) in [4.78, 5) is 16.6. The van der Waals surface area contributed by atoms with E-state index in [-0.39, 0.29) is 10.8 Å². The summed E-state index contributed by atoms with van der Waals surface area (Å²) in [6, 6.07) is 9.80. The lowest BCUT2D eigenvalue weighted by Gasteiger charge is -2.23. The van der Waals surface area contributed by atoms with Crippen molar-refractivity contribution in [1.29, 1.82) is 0 Å². The van der Waals surface area contributed by atoms with Crippen molar-refractivity contribution in [1.82, 2.24) is 9.29 Å². The minimum atomic E-state index is -3.73. The molecular weight excluding hydrogens is 326 g/mol. The highest BCUT2D eigenvalue weighted by Crippen LogP contribution is 2.27. The van der Waals surface area contributed by atoms with E-state index >= 15 is 0 Å². The first-order valence-corrected chi connectivity index (χ1v) is 9.22. The van der Waals surface area contributed by atoms with E-state index in [1.807, 2.05) is 31.2 Å². The molecule has 1 atom stereocenters. The lowest BCUT2D eigenvalue weighted by molar-refractivity contribution is -0.119. The molecule has 3 rings (SSSR count). The highest BCUT2D eigenvalue weighted by atomic mass is 32.2. The molecule has 1 aromatic carbocycles. The van der Waals surface area contributed by atoms with Gasteiger partial charge in [0.15, 0.2) is 0 Å². The van der Waals surface area contributed by atoms with E-state index in [4.69, 9.17) is 0 Å². The van der Waals surface area contributed by atoms with Crippen molar-refractivity contribution < 1.29 is 13.2 Å². The van der Waals surface area contributed by atoms with Gasteiger partial charge in [-0.3, -0.25) is 9.78 Å². The Labute approximate surface area is 141 Å². The van der Waals surface area contributed by atoms with Crippen molar-refractivity contribution in [2.45, 2.75) is 30.7 Å². The molecule has 0 bridgehead atoms. The standard InChI is InChI=1S/C17H19N3O3S/c1-13-6-2-3-8-15(13)19-17(21)16-9-5-11-20(16)24(22,23)14-7-4-10-18-12-14/h2-4,6-8,10,12,16H,5,9,11H2,1H3,(H,19,21). The Morgan fingerprint density at radius 3 is 2.75 bits per heavy atom. The van der Waals surface area contributed by atoms with Crippen LogP contribution in [0.1, 0.15) is 18.4 Å². The Balaban J connectivity index is 1.83. The number of nitrogens with one attached hydrogen (secondary N) is 1. The highest BCUT2D eigenvalue weighted by molar-refractivity contribution is 7.89. The van der Waals surface area contributed by atoms with Crippen LogP contribution in [-0.2, 0) is 14.8 Å². The van der Waals surface area contributed by atoms with E-state index in [0.29, 0.717) is 25.1 Å². The second kappa shape index (κ2) is 6.70. The third-order valence-corrected chi connectivity index (χ3v) is 6.04. The first-order valence-electron chi connectivity index (χ1n) is 7.78. The number of carbonyl (C=O) groups is 1. The van der Waals surface area contributed by atoms with Gasteiger partial charge < -0.3 is 5.32 Å². The predicted octanol–water partition coefficient (Wildman–Crippen LogP) is 2.18. The average molecular weight is 345 g/mol. The Morgan fingerprint density at radius 2 is 2.04 bits per heavy atom. The summed E-state index contributed by atoms with van der Waals surface area (Å²) < 4.78 is 26.8. The van der Waals surface area contributed by atoms with E-state index in [0.717, 1.165) is 5.56 Å². The van der Waals surface area contributed by atoms with Crippen LogP contribution in [0.5, 0.6) is 0 Å². The minimum Gasteiger partial charge on any atom is -0.324 e. The molecule has 1 unspecified atom stereocenters. The highest BCUT2D eigenvalue weighted by Gasteiger charge is 2.39. The monoisotopic (exact) mass is 345 g/mol.